The minimum Gasteiger partial charge on any atom is -0.483 e. The van der Waals surface area contributed by atoms with Crippen molar-refractivity contribution in [2.24, 2.45) is 5.10 Å². The van der Waals surface area contributed by atoms with Gasteiger partial charge in [0.15, 0.2) is 6.61 Å². The number of hydrogen-bond donors (Lipinski definition) is 1. The average molecular weight is 328 g/mol. The first-order valence-electron chi connectivity index (χ1n) is 7.89. The third-order valence-electron chi connectivity index (χ3n) is 3.67. The van der Waals surface area contributed by atoms with E-state index >= 15 is 0 Å². The summed E-state index contributed by atoms with van der Waals surface area (Å²) in [7, 11) is 0. The molecule has 0 radical (unpaired) electrons. The minimum absolute atomic E-state index is 0.131. The van der Waals surface area contributed by atoms with Gasteiger partial charge in [-0.1, -0.05) is 44.2 Å². The summed E-state index contributed by atoms with van der Waals surface area (Å²) in [6.07, 6.45) is 2.37. The first-order chi connectivity index (χ1) is 11.6. The van der Waals surface area contributed by atoms with Crippen molar-refractivity contribution in [2.45, 2.75) is 26.2 Å². The Kier molecular flexibility index (Phi) is 6.49. The van der Waals surface area contributed by atoms with Crippen molar-refractivity contribution in [3.8, 4) is 5.75 Å². The number of carbonyl (C=O) groups excluding carboxylic acids is 1. The molecular weight excluding hydrogens is 307 g/mol. The molecule has 4 nitrogen and oxygen atoms in total. The fraction of sp³-hybridized carbons (Fsp3) is 0.263. The van der Waals surface area contributed by atoms with Crippen molar-refractivity contribution in [1.29, 1.82) is 0 Å². The molecular formula is C19H21FN2O2. The number of hydrazone groups is 1. The van der Waals surface area contributed by atoms with Gasteiger partial charge in [0.05, 0.1) is 6.21 Å². The largest absolute Gasteiger partial charge is 0.483 e. The molecule has 0 aliphatic carbocycles. The van der Waals surface area contributed by atoms with E-state index in [2.05, 4.69) is 24.4 Å². The number of ether oxygens (including phenoxy) is 1. The molecule has 0 saturated carbocycles. The van der Waals surface area contributed by atoms with Crippen LogP contribution in [0.25, 0.3) is 0 Å². The summed E-state index contributed by atoms with van der Waals surface area (Å²) in [4.78, 5) is 11.8. The van der Waals surface area contributed by atoms with Crippen LogP contribution in [0.1, 0.15) is 37.3 Å². The first-order valence-corrected chi connectivity index (χ1v) is 7.89. The second-order valence-electron chi connectivity index (χ2n) is 5.48. The predicted octanol–water partition coefficient (Wildman–Crippen LogP) is 3.87. The van der Waals surface area contributed by atoms with Crippen molar-refractivity contribution in [3.63, 3.8) is 0 Å². The minimum atomic E-state index is -0.374. The number of carbonyl (C=O) groups is 1. The van der Waals surface area contributed by atoms with Crippen LogP contribution in [-0.2, 0) is 4.79 Å². The summed E-state index contributed by atoms with van der Waals surface area (Å²) in [5.41, 5.74) is 4.01. The maximum Gasteiger partial charge on any atom is 0.277 e. The molecule has 1 N–H and O–H groups in total. The van der Waals surface area contributed by atoms with Crippen LogP contribution in [0.5, 0.6) is 5.75 Å². The number of amides is 1. The summed E-state index contributed by atoms with van der Waals surface area (Å²) < 4.78 is 18.6. The van der Waals surface area contributed by atoms with E-state index in [1.165, 1.54) is 18.3 Å². The highest BCUT2D eigenvalue weighted by atomic mass is 19.1. The second-order valence-corrected chi connectivity index (χ2v) is 5.48. The highest BCUT2D eigenvalue weighted by Crippen LogP contribution is 2.28. The van der Waals surface area contributed by atoms with Crippen molar-refractivity contribution in [3.05, 3.63) is 65.5 Å². The van der Waals surface area contributed by atoms with Crippen molar-refractivity contribution >= 4 is 12.1 Å². The topological polar surface area (TPSA) is 50.7 Å². The molecule has 2 rings (SSSR count). The zero-order valence-corrected chi connectivity index (χ0v) is 13.8. The van der Waals surface area contributed by atoms with Gasteiger partial charge in [-0.25, -0.2) is 9.82 Å². The maximum absolute atomic E-state index is 13.0. The lowest BCUT2D eigenvalue weighted by Crippen LogP contribution is -2.25. The molecule has 5 heteroatoms. The Bertz CT molecular complexity index is 716. The lowest BCUT2D eigenvalue weighted by Gasteiger charge is -2.15. The Hall–Kier alpha value is -2.69. The standard InChI is InChI=1S/C19H21FN2O2/c1-3-14(2)17-9-4-5-10-18(17)24-13-19(23)22-21-12-15-7-6-8-16(20)11-15/h4-12,14H,3,13H2,1-2H3,(H,22,23)/b21-12+. The van der Waals surface area contributed by atoms with Gasteiger partial charge in [-0.05, 0) is 41.7 Å². The van der Waals surface area contributed by atoms with E-state index < -0.39 is 0 Å². The molecule has 126 valence electrons. The normalized spacial score (nSPS) is 12.1. The Morgan fingerprint density at radius 2 is 2.08 bits per heavy atom. The van der Waals surface area contributed by atoms with Crippen LogP contribution in [-0.4, -0.2) is 18.7 Å². The molecule has 0 aliphatic rings. The van der Waals surface area contributed by atoms with E-state index in [-0.39, 0.29) is 18.3 Å². The van der Waals surface area contributed by atoms with Gasteiger partial charge in [-0.2, -0.15) is 5.10 Å². The number of rotatable bonds is 7. The van der Waals surface area contributed by atoms with Crippen LogP contribution >= 0.6 is 0 Å². The zero-order chi connectivity index (χ0) is 17.4. The molecule has 0 saturated heterocycles. The van der Waals surface area contributed by atoms with Gasteiger partial charge in [-0.3, -0.25) is 4.79 Å². The van der Waals surface area contributed by atoms with Gasteiger partial charge >= 0.3 is 0 Å². The quantitative estimate of drug-likeness (QED) is 0.619. The van der Waals surface area contributed by atoms with Gasteiger partial charge in [0.1, 0.15) is 11.6 Å². The first kappa shape index (κ1) is 17.7. The highest BCUT2D eigenvalue weighted by Gasteiger charge is 2.10. The Morgan fingerprint density at radius 1 is 1.29 bits per heavy atom. The number of benzene rings is 2. The van der Waals surface area contributed by atoms with Crippen molar-refractivity contribution in [2.75, 3.05) is 6.61 Å². The molecule has 0 heterocycles. The van der Waals surface area contributed by atoms with Gasteiger partial charge in [0, 0.05) is 0 Å². The zero-order valence-electron chi connectivity index (χ0n) is 13.8. The number of nitrogens with one attached hydrogen (secondary N) is 1. The van der Waals surface area contributed by atoms with Gasteiger partial charge < -0.3 is 4.74 Å². The fourth-order valence-corrected chi connectivity index (χ4v) is 2.18. The van der Waals surface area contributed by atoms with E-state index in [0.717, 1.165) is 12.0 Å². The second kappa shape index (κ2) is 8.82. The fourth-order valence-electron chi connectivity index (χ4n) is 2.18. The molecule has 2 aromatic rings. The monoisotopic (exact) mass is 328 g/mol. The Morgan fingerprint density at radius 3 is 2.83 bits per heavy atom. The van der Waals surface area contributed by atoms with Crippen LogP contribution in [0.15, 0.2) is 53.6 Å². The van der Waals surface area contributed by atoms with E-state index in [1.807, 2.05) is 24.3 Å². The average Bonchev–Trinajstić information content (AvgIpc) is 2.59. The Labute approximate surface area is 141 Å². The van der Waals surface area contributed by atoms with Gasteiger partial charge in [-0.15, -0.1) is 0 Å². The summed E-state index contributed by atoms with van der Waals surface area (Å²) in [5, 5.41) is 3.80. The smallest absolute Gasteiger partial charge is 0.277 e. The molecule has 1 atom stereocenters. The van der Waals surface area contributed by atoms with Crippen molar-refractivity contribution in [1.82, 2.24) is 5.43 Å². The van der Waals surface area contributed by atoms with Gasteiger partial charge in [0.25, 0.3) is 5.91 Å². The molecule has 2 aromatic carbocycles. The maximum atomic E-state index is 13.0. The van der Waals surface area contributed by atoms with Crippen LogP contribution in [0.3, 0.4) is 0 Å². The van der Waals surface area contributed by atoms with Crippen molar-refractivity contribution < 1.29 is 13.9 Å². The Balaban J connectivity index is 1.88. The van der Waals surface area contributed by atoms with E-state index in [0.29, 0.717) is 17.2 Å². The molecule has 0 bridgehead atoms. The molecule has 1 amide bonds. The molecule has 0 aromatic heterocycles. The number of hydrogen-bond acceptors (Lipinski definition) is 3. The molecule has 0 spiro atoms. The SMILES string of the molecule is CCC(C)c1ccccc1OCC(=O)N/N=C/c1cccc(F)c1. The van der Waals surface area contributed by atoms with Crippen LogP contribution in [0, 0.1) is 5.82 Å². The molecule has 1 unspecified atom stereocenters. The number of para-hydroxylation sites is 1. The summed E-state index contributed by atoms with van der Waals surface area (Å²) in [6, 6.07) is 13.6. The number of nitrogens with zero attached hydrogens (tertiary/aromatic N) is 1. The summed E-state index contributed by atoms with van der Waals surface area (Å²) in [6.45, 7) is 4.09. The third-order valence-corrected chi connectivity index (χ3v) is 3.67. The van der Waals surface area contributed by atoms with Crippen LogP contribution < -0.4 is 10.2 Å². The predicted molar refractivity (Wildman–Crippen MR) is 92.8 cm³/mol. The van der Waals surface area contributed by atoms with Crippen LogP contribution in [0.4, 0.5) is 4.39 Å². The van der Waals surface area contributed by atoms with Gasteiger partial charge in [0.2, 0.25) is 0 Å². The van der Waals surface area contributed by atoms with Crippen LogP contribution in [0.2, 0.25) is 0 Å². The molecule has 0 aliphatic heterocycles. The molecule has 24 heavy (non-hydrogen) atoms. The van der Waals surface area contributed by atoms with E-state index in [9.17, 15) is 9.18 Å². The lowest BCUT2D eigenvalue weighted by molar-refractivity contribution is -0.123. The molecule has 0 fully saturated rings. The highest BCUT2D eigenvalue weighted by molar-refractivity contribution is 5.82. The number of halogens is 1. The van der Waals surface area contributed by atoms with E-state index in [1.54, 1.807) is 12.1 Å². The summed E-state index contributed by atoms with van der Waals surface area (Å²) in [5.74, 6) is 0.336. The lowest BCUT2D eigenvalue weighted by atomic mass is 9.98. The summed E-state index contributed by atoms with van der Waals surface area (Å²) >= 11 is 0. The van der Waals surface area contributed by atoms with E-state index in [4.69, 9.17) is 4.74 Å². The third kappa shape index (κ3) is 5.19.